The van der Waals surface area contributed by atoms with Crippen LogP contribution in [0.2, 0.25) is 0 Å². The molecule has 1 aliphatic rings. The summed E-state index contributed by atoms with van der Waals surface area (Å²) in [7, 11) is 0. The van der Waals surface area contributed by atoms with E-state index >= 15 is 0 Å². The Morgan fingerprint density at radius 2 is 1.35 bits per heavy atom. The Morgan fingerprint density at radius 1 is 0.646 bits per heavy atom. The molecule has 0 saturated heterocycles. The van der Waals surface area contributed by atoms with Crippen LogP contribution in [0.1, 0.15) is 23.1 Å². The maximum Gasteiger partial charge on any atom is 0.137 e. The highest BCUT2D eigenvalue weighted by molar-refractivity contribution is 6.24. The standard InChI is InChI=1S/C44H29N3O/c1-27-17-23-39-36(25-27)33-11-3-6-15-38(33)47(39)43-29(26-45)9-8-13-31(43)28-18-20-30(21-19-28)46-37-14-5-2-10-32(37)34-22-24-41-42(44(34)46)35-12-4-7-16-40(35)48-41/h2-25,31,43H,1H3. The van der Waals surface area contributed by atoms with Crippen LogP contribution in [0.5, 0.6) is 0 Å². The predicted molar refractivity (Wildman–Crippen MR) is 197 cm³/mol. The van der Waals surface area contributed by atoms with Gasteiger partial charge in [-0.1, -0.05) is 90.5 Å². The second kappa shape index (κ2) is 10.1. The lowest BCUT2D eigenvalue weighted by atomic mass is 9.83. The van der Waals surface area contributed by atoms with E-state index in [1.807, 2.05) is 24.3 Å². The van der Waals surface area contributed by atoms with Gasteiger partial charge in [0.2, 0.25) is 0 Å². The van der Waals surface area contributed by atoms with Crippen molar-refractivity contribution in [2.45, 2.75) is 18.9 Å². The third kappa shape index (κ3) is 3.70. The van der Waals surface area contributed by atoms with E-state index in [9.17, 15) is 5.26 Å². The summed E-state index contributed by atoms with van der Waals surface area (Å²) in [6.07, 6.45) is 6.26. The minimum atomic E-state index is -0.180. The van der Waals surface area contributed by atoms with Crippen LogP contribution >= 0.6 is 0 Å². The monoisotopic (exact) mass is 615 g/mol. The number of aromatic nitrogens is 2. The Balaban J connectivity index is 1.17. The lowest BCUT2D eigenvalue weighted by Gasteiger charge is -2.30. The lowest BCUT2D eigenvalue weighted by Crippen LogP contribution is -2.20. The molecule has 0 radical (unpaired) electrons. The van der Waals surface area contributed by atoms with Crippen molar-refractivity contribution in [3.05, 3.63) is 162 Å². The van der Waals surface area contributed by atoms with Crippen molar-refractivity contribution in [2.75, 3.05) is 0 Å². The SMILES string of the molecule is Cc1ccc2c(c1)c1ccccc1n2C1C(C#N)=CC=CC1c1ccc(-n2c3ccccc3c3ccc4oc5ccccc5c4c32)cc1. The van der Waals surface area contributed by atoms with Gasteiger partial charge in [0.1, 0.15) is 11.2 Å². The van der Waals surface area contributed by atoms with Gasteiger partial charge in [0, 0.05) is 49.6 Å². The number of rotatable bonds is 3. The van der Waals surface area contributed by atoms with Gasteiger partial charge in [-0.25, -0.2) is 0 Å². The lowest BCUT2D eigenvalue weighted by molar-refractivity contribution is 0.558. The van der Waals surface area contributed by atoms with Gasteiger partial charge in [0.25, 0.3) is 0 Å². The van der Waals surface area contributed by atoms with Crippen LogP contribution in [0, 0.1) is 18.3 Å². The van der Waals surface area contributed by atoms with E-state index < -0.39 is 0 Å². The fourth-order valence-electron chi connectivity index (χ4n) is 8.17. The van der Waals surface area contributed by atoms with Crippen LogP contribution in [-0.4, -0.2) is 9.13 Å². The highest BCUT2D eigenvalue weighted by Crippen LogP contribution is 2.45. The Labute approximate surface area is 276 Å². The molecule has 10 rings (SSSR count). The van der Waals surface area contributed by atoms with Crippen molar-refractivity contribution in [1.82, 2.24) is 9.13 Å². The molecule has 0 bridgehead atoms. The van der Waals surface area contributed by atoms with E-state index in [4.69, 9.17) is 4.42 Å². The summed E-state index contributed by atoms with van der Waals surface area (Å²) >= 11 is 0. The van der Waals surface area contributed by atoms with E-state index in [1.54, 1.807) is 0 Å². The quantitative estimate of drug-likeness (QED) is 0.198. The van der Waals surface area contributed by atoms with Crippen molar-refractivity contribution in [2.24, 2.45) is 0 Å². The van der Waals surface area contributed by atoms with E-state index in [2.05, 4.69) is 143 Å². The molecule has 0 N–H and O–H groups in total. The maximum atomic E-state index is 10.5. The third-order valence-electron chi connectivity index (χ3n) is 10.2. The number of aryl methyl sites for hydroxylation is 1. The Bertz CT molecular complexity index is 2870. The molecule has 4 nitrogen and oxygen atoms in total. The largest absolute Gasteiger partial charge is 0.456 e. The fourth-order valence-corrected chi connectivity index (χ4v) is 8.17. The highest BCUT2D eigenvalue weighted by Gasteiger charge is 2.31. The smallest absolute Gasteiger partial charge is 0.137 e. The zero-order valence-corrected chi connectivity index (χ0v) is 26.3. The Hall–Kier alpha value is -6.31. The van der Waals surface area contributed by atoms with Crippen LogP contribution in [0.3, 0.4) is 0 Å². The minimum Gasteiger partial charge on any atom is -0.456 e. The van der Waals surface area contributed by atoms with Crippen LogP contribution in [0.25, 0.3) is 71.2 Å². The van der Waals surface area contributed by atoms with E-state index in [0.717, 1.165) is 55.3 Å². The molecule has 1 aliphatic carbocycles. The first-order valence-electron chi connectivity index (χ1n) is 16.4. The first kappa shape index (κ1) is 26.9. The fraction of sp³-hybridized carbons (Fsp3) is 0.0682. The van der Waals surface area contributed by atoms with E-state index in [0.29, 0.717) is 0 Å². The zero-order chi connectivity index (χ0) is 31.9. The van der Waals surface area contributed by atoms with Crippen LogP contribution < -0.4 is 0 Å². The van der Waals surface area contributed by atoms with Gasteiger partial charge in [-0.2, -0.15) is 5.26 Å². The first-order chi connectivity index (χ1) is 23.7. The molecule has 2 unspecified atom stereocenters. The Morgan fingerprint density at radius 3 is 2.17 bits per heavy atom. The molecule has 0 fully saturated rings. The number of para-hydroxylation sites is 3. The van der Waals surface area contributed by atoms with Gasteiger partial charge in [-0.15, -0.1) is 0 Å². The van der Waals surface area contributed by atoms with E-state index in [1.165, 1.54) is 32.7 Å². The van der Waals surface area contributed by atoms with Gasteiger partial charge >= 0.3 is 0 Å². The predicted octanol–water partition coefficient (Wildman–Crippen LogP) is 11.4. The number of benzene rings is 6. The number of hydrogen-bond donors (Lipinski definition) is 0. The molecule has 0 saturated carbocycles. The molecule has 3 aromatic heterocycles. The van der Waals surface area contributed by atoms with Gasteiger partial charge in [-0.3, -0.25) is 0 Å². The third-order valence-corrected chi connectivity index (χ3v) is 10.2. The molecule has 2 atom stereocenters. The second-order valence-corrected chi connectivity index (χ2v) is 12.9. The topological polar surface area (TPSA) is 46.8 Å². The van der Waals surface area contributed by atoms with Crippen LogP contribution in [-0.2, 0) is 0 Å². The molecular formula is C44H29N3O. The highest BCUT2D eigenvalue weighted by atomic mass is 16.3. The van der Waals surface area contributed by atoms with Crippen molar-refractivity contribution in [3.63, 3.8) is 0 Å². The molecule has 6 aromatic carbocycles. The molecule has 0 amide bonds. The van der Waals surface area contributed by atoms with Crippen molar-refractivity contribution in [1.29, 1.82) is 5.26 Å². The normalized spacial score (nSPS) is 16.5. The van der Waals surface area contributed by atoms with Gasteiger partial charge < -0.3 is 13.6 Å². The van der Waals surface area contributed by atoms with Gasteiger partial charge in [0.15, 0.2) is 0 Å². The summed E-state index contributed by atoms with van der Waals surface area (Å²) in [5.74, 6) is -0.0262. The zero-order valence-electron chi connectivity index (χ0n) is 26.3. The maximum absolute atomic E-state index is 10.5. The molecule has 0 aliphatic heterocycles. The summed E-state index contributed by atoms with van der Waals surface area (Å²) in [6, 6.07) is 47.7. The molecule has 9 aromatic rings. The van der Waals surface area contributed by atoms with Gasteiger partial charge in [0.05, 0.1) is 34.1 Å². The molecule has 4 heteroatoms. The summed E-state index contributed by atoms with van der Waals surface area (Å²) in [4.78, 5) is 0. The minimum absolute atomic E-state index is 0.0262. The van der Waals surface area contributed by atoms with Crippen molar-refractivity contribution in [3.8, 4) is 11.8 Å². The summed E-state index contributed by atoms with van der Waals surface area (Å²) in [5.41, 5.74) is 10.6. The average molecular weight is 616 g/mol. The average Bonchev–Trinajstić information content (AvgIpc) is 3.79. The number of nitriles is 1. The number of allylic oxidation sites excluding steroid dienone is 4. The summed E-state index contributed by atoms with van der Waals surface area (Å²) in [6.45, 7) is 2.14. The van der Waals surface area contributed by atoms with E-state index in [-0.39, 0.29) is 12.0 Å². The number of fused-ring (bicyclic) bond motifs is 10. The number of nitrogens with zero attached hydrogens (tertiary/aromatic N) is 3. The molecule has 3 heterocycles. The number of furan rings is 1. The summed E-state index contributed by atoms with van der Waals surface area (Å²) < 4.78 is 11.1. The second-order valence-electron chi connectivity index (χ2n) is 12.9. The molecule has 226 valence electrons. The number of hydrogen-bond acceptors (Lipinski definition) is 2. The van der Waals surface area contributed by atoms with Crippen molar-refractivity contribution < 1.29 is 4.42 Å². The first-order valence-corrected chi connectivity index (χ1v) is 16.4. The van der Waals surface area contributed by atoms with Crippen LogP contribution in [0.15, 0.2) is 156 Å². The Kier molecular flexibility index (Phi) is 5.65. The summed E-state index contributed by atoms with van der Waals surface area (Å²) in [5, 5.41) is 17.5. The molecule has 0 spiro atoms. The molecular weight excluding hydrogens is 587 g/mol. The molecule has 48 heavy (non-hydrogen) atoms. The van der Waals surface area contributed by atoms with Gasteiger partial charge in [-0.05, 0) is 73.2 Å². The van der Waals surface area contributed by atoms with Crippen LogP contribution in [0.4, 0.5) is 0 Å². The van der Waals surface area contributed by atoms with Crippen molar-refractivity contribution >= 4 is 65.6 Å².